The predicted octanol–water partition coefficient (Wildman–Crippen LogP) is 2.17. The van der Waals surface area contributed by atoms with Gasteiger partial charge in [0.1, 0.15) is 11.4 Å². The van der Waals surface area contributed by atoms with Crippen molar-refractivity contribution in [2.24, 2.45) is 10.3 Å². The number of oxime groups is 2. The Hall–Kier alpha value is -1.72. The number of Topliss-reactive ketones (excluding diaryl/α,β-unsaturated/α-hetero) is 2. The molecule has 0 aliphatic heterocycles. The first kappa shape index (κ1) is 16.3. The average Bonchev–Trinajstić information content (AvgIpc) is 2.32. The minimum atomic E-state index is -0.219. The van der Waals surface area contributed by atoms with Gasteiger partial charge >= 0.3 is 0 Å². The molecule has 0 atom stereocenters. The standard InChI is InChI=1S/C12H20N2O4/c1-9(15)11(13-17)7-5-3-4-6-8-12(14-18)10(2)16/h17-18H,3-8H2,1-2H3/b13-11-,14-12-. The molecule has 0 aromatic heterocycles. The molecule has 18 heavy (non-hydrogen) atoms. The molecule has 0 amide bonds. The van der Waals surface area contributed by atoms with E-state index in [-0.39, 0.29) is 23.0 Å². The third-order valence-corrected chi connectivity index (χ3v) is 2.63. The highest BCUT2D eigenvalue weighted by molar-refractivity contribution is 6.39. The molecule has 0 aliphatic carbocycles. The van der Waals surface area contributed by atoms with Gasteiger partial charge < -0.3 is 10.4 Å². The molecule has 0 spiro atoms. The summed E-state index contributed by atoms with van der Waals surface area (Å²) in [4.78, 5) is 21.9. The molecule has 2 N–H and O–H groups in total. The van der Waals surface area contributed by atoms with Crippen LogP contribution >= 0.6 is 0 Å². The molecule has 0 bridgehead atoms. The molecule has 0 radical (unpaired) electrons. The Bertz CT molecular complexity index is 314. The van der Waals surface area contributed by atoms with Crippen LogP contribution in [0.15, 0.2) is 10.3 Å². The SMILES string of the molecule is CC(=O)/C(CCCCCC/C(=N/O)C(C)=O)=N\O. The number of carbonyl (C=O) groups excluding carboxylic acids is 2. The van der Waals surface area contributed by atoms with E-state index in [1.807, 2.05) is 0 Å². The lowest BCUT2D eigenvalue weighted by Crippen LogP contribution is -2.10. The van der Waals surface area contributed by atoms with Crippen molar-refractivity contribution in [3.8, 4) is 0 Å². The minimum absolute atomic E-state index is 0.191. The first-order valence-electron chi connectivity index (χ1n) is 5.96. The smallest absolute Gasteiger partial charge is 0.177 e. The largest absolute Gasteiger partial charge is 0.411 e. The number of hydrogen-bond donors (Lipinski definition) is 2. The Morgan fingerprint density at radius 3 is 1.33 bits per heavy atom. The number of hydrogen-bond acceptors (Lipinski definition) is 6. The normalized spacial score (nSPS) is 12.6. The van der Waals surface area contributed by atoms with Gasteiger partial charge in [-0.15, -0.1) is 0 Å². The molecular weight excluding hydrogens is 236 g/mol. The van der Waals surface area contributed by atoms with Crippen LogP contribution in [0.25, 0.3) is 0 Å². The number of unbranched alkanes of at least 4 members (excludes halogenated alkanes) is 3. The highest BCUT2D eigenvalue weighted by atomic mass is 16.4. The molecule has 0 aromatic rings. The van der Waals surface area contributed by atoms with Gasteiger partial charge in [-0.05, 0) is 25.7 Å². The second-order valence-corrected chi connectivity index (χ2v) is 4.12. The van der Waals surface area contributed by atoms with E-state index in [0.717, 1.165) is 25.7 Å². The molecule has 6 nitrogen and oxygen atoms in total. The topological polar surface area (TPSA) is 99.3 Å². The van der Waals surface area contributed by atoms with Crippen LogP contribution in [0.1, 0.15) is 52.4 Å². The van der Waals surface area contributed by atoms with Gasteiger partial charge in [0.2, 0.25) is 0 Å². The number of nitrogens with zero attached hydrogens (tertiary/aromatic N) is 2. The summed E-state index contributed by atoms with van der Waals surface area (Å²) in [5.41, 5.74) is 0.382. The third-order valence-electron chi connectivity index (χ3n) is 2.63. The van der Waals surface area contributed by atoms with Crippen molar-refractivity contribution < 1.29 is 20.0 Å². The van der Waals surface area contributed by atoms with Crippen molar-refractivity contribution in [2.75, 3.05) is 0 Å². The van der Waals surface area contributed by atoms with E-state index in [2.05, 4.69) is 10.3 Å². The van der Waals surface area contributed by atoms with E-state index in [1.165, 1.54) is 13.8 Å². The molecule has 0 saturated heterocycles. The molecule has 102 valence electrons. The first-order chi connectivity index (χ1) is 8.52. The lowest BCUT2D eigenvalue weighted by Gasteiger charge is -2.02. The van der Waals surface area contributed by atoms with E-state index in [9.17, 15) is 9.59 Å². The van der Waals surface area contributed by atoms with Crippen LogP contribution < -0.4 is 0 Å². The Kier molecular flexibility index (Phi) is 8.43. The lowest BCUT2D eigenvalue weighted by molar-refractivity contribution is -0.112. The van der Waals surface area contributed by atoms with Gasteiger partial charge in [-0.1, -0.05) is 23.2 Å². The maximum absolute atomic E-state index is 10.9. The summed E-state index contributed by atoms with van der Waals surface area (Å²) in [5, 5.41) is 23.0. The average molecular weight is 256 g/mol. The number of ketones is 2. The number of carbonyl (C=O) groups is 2. The summed E-state index contributed by atoms with van der Waals surface area (Å²) < 4.78 is 0. The third kappa shape index (κ3) is 6.78. The molecule has 0 unspecified atom stereocenters. The fourth-order valence-corrected chi connectivity index (χ4v) is 1.53. The Morgan fingerprint density at radius 2 is 1.11 bits per heavy atom. The molecule has 6 heteroatoms. The maximum Gasteiger partial charge on any atom is 0.177 e. The molecule has 0 aliphatic rings. The van der Waals surface area contributed by atoms with Crippen LogP contribution in [0.2, 0.25) is 0 Å². The van der Waals surface area contributed by atoms with E-state index in [4.69, 9.17) is 10.4 Å². The van der Waals surface area contributed by atoms with Crippen molar-refractivity contribution in [3.05, 3.63) is 0 Å². The second-order valence-electron chi connectivity index (χ2n) is 4.12. The summed E-state index contributed by atoms with van der Waals surface area (Å²) in [5.74, 6) is -0.437. The molecule has 0 rings (SSSR count). The lowest BCUT2D eigenvalue weighted by atomic mass is 10.0. The molecule has 0 heterocycles. The zero-order valence-corrected chi connectivity index (χ0v) is 10.8. The van der Waals surface area contributed by atoms with Crippen molar-refractivity contribution in [1.29, 1.82) is 0 Å². The number of rotatable bonds is 9. The van der Waals surface area contributed by atoms with Crippen LogP contribution in [0.3, 0.4) is 0 Å². The maximum atomic E-state index is 10.9. The zero-order valence-electron chi connectivity index (χ0n) is 10.8. The van der Waals surface area contributed by atoms with Crippen LogP contribution in [0.4, 0.5) is 0 Å². The van der Waals surface area contributed by atoms with Crippen LogP contribution in [-0.4, -0.2) is 33.4 Å². The van der Waals surface area contributed by atoms with Crippen molar-refractivity contribution in [3.63, 3.8) is 0 Å². The van der Waals surface area contributed by atoms with Gasteiger partial charge in [0.05, 0.1) is 0 Å². The highest BCUT2D eigenvalue weighted by Crippen LogP contribution is 2.08. The van der Waals surface area contributed by atoms with Crippen LogP contribution in [0.5, 0.6) is 0 Å². The molecular formula is C12H20N2O4. The fraction of sp³-hybridized carbons (Fsp3) is 0.667. The van der Waals surface area contributed by atoms with E-state index >= 15 is 0 Å². The molecule has 0 saturated carbocycles. The molecule has 0 fully saturated rings. The Morgan fingerprint density at radius 1 is 0.778 bits per heavy atom. The zero-order chi connectivity index (χ0) is 14.0. The van der Waals surface area contributed by atoms with Gasteiger partial charge in [-0.25, -0.2) is 0 Å². The van der Waals surface area contributed by atoms with Gasteiger partial charge in [0.25, 0.3) is 0 Å². The predicted molar refractivity (Wildman–Crippen MR) is 67.5 cm³/mol. The van der Waals surface area contributed by atoms with E-state index in [1.54, 1.807) is 0 Å². The van der Waals surface area contributed by atoms with Crippen LogP contribution in [-0.2, 0) is 9.59 Å². The van der Waals surface area contributed by atoms with Crippen molar-refractivity contribution in [2.45, 2.75) is 52.4 Å². The van der Waals surface area contributed by atoms with Crippen molar-refractivity contribution in [1.82, 2.24) is 0 Å². The van der Waals surface area contributed by atoms with Crippen LogP contribution in [0, 0.1) is 0 Å². The summed E-state index contributed by atoms with van der Waals surface area (Å²) in [6.45, 7) is 2.73. The fourth-order valence-electron chi connectivity index (χ4n) is 1.53. The first-order valence-corrected chi connectivity index (χ1v) is 5.96. The van der Waals surface area contributed by atoms with E-state index in [0.29, 0.717) is 12.8 Å². The van der Waals surface area contributed by atoms with Gasteiger partial charge in [0, 0.05) is 13.8 Å². The summed E-state index contributed by atoms with van der Waals surface area (Å²) in [6.07, 6.45) is 4.15. The highest BCUT2D eigenvalue weighted by Gasteiger charge is 2.07. The van der Waals surface area contributed by atoms with E-state index < -0.39 is 0 Å². The summed E-state index contributed by atoms with van der Waals surface area (Å²) >= 11 is 0. The second kappa shape index (κ2) is 9.32. The Labute approximate surface area is 106 Å². The minimum Gasteiger partial charge on any atom is -0.411 e. The Balaban J connectivity index is 3.70. The van der Waals surface area contributed by atoms with Gasteiger partial charge in [0.15, 0.2) is 11.6 Å². The summed E-state index contributed by atoms with van der Waals surface area (Å²) in [7, 11) is 0. The molecule has 0 aromatic carbocycles. The summed E-state index contributed by atoms with van der Waals surface area (Å²) in [6, 6.07) is 0. The monoisotopic (exact) mass is 256 g/mol. The van der Waals surface area contributed by atoms with Gasteiger partial charge in [-0.3, -0.25) is 9.59 Å². The quantitative estimate of drug-likeness (QED) is 0.286. The van der Waals surface area contributed by atoms with Crippen molar-refractivity contribution >= 4 is 23.0 Å². The van der Waals surface area contributed by atoms with Gasteiger partial charge in [-0.2, -0.15) is 0 Å².